The fraction of sp³-hybridized carbons (Fsp3) is 0.350. The monoisotopic (exact) mass is 325 g/mol. The van der Waals surface area contributed by atoms with Crippen molar-refractivity contribution < 1.29 is 14.3 Å². The van der Waals surface area contributed by atoms with Crippen LogP contribution in [-0.4, -0.2) is 11.0 Å². The molecule has 1 saturated carbocycles. The molecule has 1 fully saturated rings. The zero-order valence-corrected chi connectivity index (χ0v) is 13.9. The van der Waals surface area contributed by atoms with Crippen LogP contribution in [0.2, 0.25) is 0 Å². The molecule has 2 aromatic carbocycles. The molecular weight excluding hydrogens is 305 g/mol. The van der Waals surface area contributed by atoms with E-state index in [1.165, 1.54) is 12.1 Å². The molecule has 0 unspecified atom stereocenters. The van der Waals surface area contributed by atoms with Crippen molar-refractivity contribution in [2.75, 3.05) is 4.90 Å². The van der Waals surface area contributed by atoms with Crippen molar-refractivity contribution in [2.24, 2.45) is 5.41 Å². The van der Waals surface area contributed by atoms with Gasteiger partial charge in [0, 0.05) is 5.69 Å². The van der Waals surface area contributed by atoms with E-state index in [-0.39, 0.29) is 22.9 Å². The minimum absolute atomic E-state index is 0.0982. The summed E-state index contributed by atoms with van der Waals surface area (Å²) in [4.78, 5) is 15.0. The van der Waals surface area contributed by atoms with Gasteiger partial charge in [0.15, 0.2) is 0 Å². The number of carbonyl (C=O) groups is 1. The van der Waals surface area contributed by atoms with Gasteiger partial charge >= 0.3 is 0 Å². The van der Waals surface area contributed by atoms with Gasteiger partial charge in [0.05, 0.1) is 11.1 Å². The molecule has 4 heteroatoms. The Balaban J connectivity index is 1.96. The molecule has 2 aromatic rings. The summed E-state index contributed by atoms with van der Waals surface area (Å²) < 4.78 is 13.3. The molecule has 2 aliphatic rings. The van der Waals surface area contributed by atoms with Gasteiger partial charge in [-0.15, -0.1) is 0 Å². The van der Waals surface area contributed by atoms with Crippen molar-refractivity contribution in [2.45, 2.75) is 39.5 Å². The Hall–Kier alpha value is -2.36. The number of benzene rings is 2. The number of nitrogens with zero attached hydrogens (tertiary/aromatic N) is 1. The van der Waals surface area contributed by atoms with Crippen LogP contribution in [0.25, 0.3) is 0 Å². The Morgan fingerprint density at radius 3 is 2.38 bits per heavy atom. The number of carbonyl (C=O) groups excluding carboxylic acids is 1. The highest BCUT2D eigenvalue weighted by Crippen LogP contribution is 2.53. The standard InChI is InChI=1S/C20H20FNO2/c1-12-13(2)18-14(10-17(12)23)11-20(8-3-9-20)19(24)22(18)16-6-4-15(21)5-7-16/h4-7,10,23H,3,8-9,11H2,1-2H3. The lowest BCUT2D eigenvalue weighted by Gasteiger charge is -2.48. The van der Waals surface area contributed by atoms with E-state index in [0.29, 0.717) is 12.1 Å². The van der Waals surface area contributed by atoms with Crippen LogP contribution in [0.3, 0.4) is 0 Å². The molecule has 1 N–H and O–H groups in total. The Bertz CT molecular complexity index is 838. The number of fused-ring (bicyclic) bond motifs is 1. The molecule has 0 bridgehead atoms. The number of halogens is 1. The van der Waals surface area contributed by atoms with Gasteiger partial charge < -0.3 is 5.11 Å². The molecule has 0 aromatic heterocycles. The number of phenolic OH excluding ortho intramolecular Hbond substituents is 1. The Kier molecular flexibility index (Phi) is 3.21. The fourth-order valence-corrected chi connectivity index (χ4v) is 4.01. The summed E-state index contributed by atoms with van der Waals surface area (Å²) in [6, 6.07) is 7.85. The van der Waals surface area contributed by atoms with Gasteiger partial charge in [0.2, 0.25) is 5.91 Å². The first-order chi connectivity index (χ1) is 11.4. The van der Waals surface area contributed by atoms with Crippen LogP contribution < -0.4 is 4.90 Å². The lowest BCUT2D eigenvalue weighted by molar-refractivity contribution is -0.132. The van der Waals surface area contributed by atoms with Crippen molar-refractivity contribution in [3.05, 3.63) is 52.8 Å². The van der Waals surface area contributed by atoms with Crippen LogP contribution in [0.15, 0.2) is 30.3 Å². The number of hydrogen-bond donors (Lipinski definition) is 1. The molecular formula is C20H20FNO2. The molecule has 1 spiro atoms. The summed E-state index contributed by atoms with van der Waals surface area (Å²) in [5, 5.41) is 10.2. The molecule has 0 radical (unpaired) electrons. The SMILES string of the molecule is Cc1c(O)cc2c(c1C)N(c1ccc(F)cc1)C(=O)C1(CCC1)C2. The van der Waals surface area contributed by atoms with E-state index in [9.17, 15) is 14.3 Å². The number of hydrogen-bond acceptors (Lipinski definition) is 2. The second-order valence-electron chi connectivity index (χ2n) is 7.08. The lowest BCUT2D eigenvalue weighted by atomic mass is 9.62. The van der Waals surface area contributed by atoms with Gasteiger partial charge in [-0.25, -0.2) is 4.39 Å². The summed E-state index contributed by atoms with van der Waals surface area (Å²) in [6.45, 7) is 3.78. The van der Waals surface area contributed by atoms with Gasteiger partial charge in [0.1, 0.15) is 11.6 Å². The maximum Gasteiger partial charge on any atom is 0.238 e. The third-order valence-corrected chi connectivity index (χ3v) is 5.72. The molecule has 4 rings (SSSR count). The van der Waals surface area contributed by atoms with E-state index in [1.54, 1.807) is 23.1 Å². The summed E-state index contributed by atoms with van der Waals surface area (Å²) in [5.41, 5.74) is 3.84. The second kappa shape index (κ2) is 5.07. The Morgan fingerprint density at radius 1 is 1.12 bits per heavy atom. The predicted molar refractivity (Wildman–Crippen MR) is 91.1 cm³/mol. The topological polar surface area (TPSA) is 40.5 Å². The number of anilines is 2. The average molecular weight is 325 g/mol. The fourth-order valence-electron chi connectivity index (χ4n) is 4.01. The normalized spacial score (nSPS) is 18.5. The average Bonchev–Trinajstić information content (AvgIpc) is 2.52. The zero-order valence-electron chi connectivity index (χ0n) is 13.9. The number of rotatable bonds is 1. The molecule has 3 nitrogen and oxygen atoms in total. The minimum Gasteiger partial charge on any atom is -0.508 e. The molecule has 24 heavy (non-hydrogen) atoms. The predicted octanol–water partition coefficient (Wildman–Crippen LogP) is 4.54. The lowest BCUT2D eigenvalue weighted by Crippen LogP contribution is -2.51. The summed E-state index contributed by atoms with van der Waals surface area (Å²) in [5.74, 6) is 0.0515. The summed E-state index contributed by atoms with van der Waals surface area (Å²) >= 11 is 0. The minimum atomic E-state index is -0.366. The van der Waals surface area contributed by atoms with Crippen molar-refractivity contribution >= 4 is 17.3 Å². The van der Waals surface area contributed by atoms with Crippen LogP contribution in [-0.2, 0) is 11.2 Å². The first-order valence-corrected chi connectivity index (χ1v) is 8.35. The molecule has 1 aliphatic heterocycles. The van der Waals surface area contributed by atoms with Crippen LogP contribution >= 0.6 is 0 Å². The van der Waals surface area contributed by atoms with Gasteiger partial charge in [0.25, 0.3) is 0 Å². The van der Waals surface area contributed by atoms with Crippen molar-refractivity contribution in [3.63, 3.8) is 0 Å². The van der Waals surface area contributed by atoms with E-state index < -0.39 is 0 Å². The first kappa shape index (κ1) is 15.2. The van der Waals surface area contributed by atoms with Crippen molar-refractivity contribution in [1.82, 2.24) is 0 Å². The maximum absolute atomic E-state index is 13.3. The molecule has 0 atom stereocenters. The third kappa shape index (κ3) is 1.98. The highest BCUT2D eigenvalue weighted by atomic mass is 19.1. The van der Waals surface area contributed by atoms with E-state index in [2.05, 4.69) is 0 Å². The van der Waals surface area contributed by atoms with Gasteiger partial charge in [-0.1, -0.05) is 6.42 Å². The number of aromatic hydroxyl groups is 1. The van der Waals surface area contributed by atoms with Gasteiger partial charge in [-0.3, -0.25) is 9.69 Å². The molecule has 1 heterocycles. The summed E-state index contributed by atoms with van der Waals surface area (Å²) in [6.07, 6.45) is 3.47. The number of amides is 1. The maximum atomic E-state index is 13.3. The molecule has 1 amide bonds. The van der Waals surface area contributed by atoms with Gasteiger partial charge in [-0.05, 0) is 80.1 Å². The molecule has 1 aliphatic carbocycles. The van der Waals surface area contributed by atoms with E-state index in [4.69, 9.17) is 0 Å². The quantitative estimate of drug-likeness (QED) is 0.836. The van der Waals surface area contributed by atoms with E-state index >= 15 is 0 Å². The largest absolute Gasteiger partial charge is 0.508 e. The molecule has 124 valence electrons. The first-order valence-electron chi connectivity index (χ1n) is 8.35. The smallest absolute Gasteiger partial charge is 0.238 e. The van der Waals surface area contributed by atoms with Crippen LogP contribution in [0.5, 0.6) is 5.75 Å². The highest BCUT2D eigenvalue weighted by Gasteiger charge is 2.51. The zero-order chi connectivity index (χ0) is 17.1. The van der Waals surface area contributed by atoms with Crippen LogP contribution in [0.4, 0.5) is 15.8 Å². The van der Waals surface area contributed by atoms with Crippen molar-refractivity contribution in [3.8, 4) is 5.75 Å². The highest BCUT2D eigenvalue weighted by molar-refractivity contribution is 6.07. The Morgan fingerprint density at radius 2 is 1.79 bits per heavy atom. The molecule has 0 saturated heterocycles. The van der Waals surface area contributed by atoms with E-state index in [1.807, 2.05) is 13.8 Å². The van der Waals surface area contributed by atoms with Crippen molar-refractivity contribution in [1.29, 1.82) is 0 Å². The number of phenols is 1. The van der Waals surface area contributed by atoms with Crippen LogP contribution in [0.1, 0.15) is 36.0 Å². The van der Waals surface area contributed by atoms with Gasteiger partial charge in [-0.2, -0.15) is 0 Å². The second-order valence-corrected chi connectivity index (χ2v) is 7.08. The third-order valence-electron chi connectivity index (χ3n) is 5.72. The van der Waals surface area contributed by atoms with Crippen LogP contribution in [0, 0.1) is 25.1 Å². The van der Waals surface area contributed by atoms with E-state index in [0.717, 1.165) is 41.6 Å². The Labute approximate surface area is 140 Å². The summed E-state index contributed by atoms with van der Waals surface area (Å²) in [7, 11) is 0.